The first-order valence-electron chi connectivity index (χ1n) is 47.3. The Balaban J connectivity index is 0.000000316. The zero-order chi connectivity index (χ0) is 102. The molecule has 5 aliphatic heterocycles. The van der Waals surface area contributed by atoms with Crippen LogP contribution in [0.2, 0.25) is 0 Å². The largest absolute Gasteiger partial charge is 0.459 e. The van der Waals surface area contributed by atoms with Gasteiger partial charge in [0.1, 0.15) is 77.2 Å². The van der Waals surface area contributed by atoms with Crippen LogP contribution in [0.15, 0.2) is 87.4 Å². The highest BCUT2D eigenvalue weighted by atomic mass is 19.1. The number of amides is 2. The molecule has 30 nitrogen and oxygen atoms in total. The number of pyridine rings is 1. The maximum atomic E-state index is 16.5. The van der Waals surface area contributed by atoms with Crippen LogP contribution in [0.3, 0.4) is 0 Å². The van der Waals surface area contributed by atoms with Crippen molar-refractivity contribution in [2.45, 2.75) is 355 Å². The summed E-state index contributed by atoms with van der Waals surface area (Å²) in [6.07, 6.45) is -1.04. The van der Waals surface area contributed by atoms with E-state index in [9.17, 15) is 63.6 Å². The van der Waals surface area contributed by atoms with Gasteiger partial charge in [-0.1, -0.05) is 192 Å². The van der Waals surface area contributed by atoms with Gasteiger partial charge in [0.2, 0.25) is 11.8 Å². The SMILES string of the molecule is CC[C@H]1OC(=O)[C@@](C)(F)C(=O)[C@H](C)[C@@H](C(C)(C)C)[C@@]2(C)C[C@@H](C)C(=NC(C)=O)[C@H](C)[C@@H](OC/C(=N\OCc3ccccc3)CO2)[C@]1(C)O.CC[C@H]1OC(=O)[C@@](C)(F)C(=O)[C@H](C)[C@@H](C(C)(C)C)[C@](C)(OC)C[C@@H](C)C(=O)[C@H](C)[C@@H](O)[C@]1(C)O.CC[C@H]1OC(=O)[C@H](C)C(=O)[C@H](C)[C@@H](C(C)(C)C)[C@@]2(C)C[C@@H](C)C(=NC(C)=O)[C@H](C)[C@@H](OC/C(=N\OCc3ccc(-n4cccn4)nc3)CO2)[C@]1(C)O. The van der Waals surface area contributed by atoms with Crippen LogP contribution in [0.5, 0.6) is 0 Å². The summed E-state index contributed by atoms with van der Waals surface area (Å²) in [5.41, 5.74) is -13.2. The van der Waals surface area contributed by atoms with Crippen molar-refractivity contribution in [2.24, 2.45) is 113 Å². The van der Waals surface area contributed by atoms with E-state index in [1.54, 1.807) is 92.5 Å². The number of Topliss-reactive ketones (excluding diaryl/α,β-unsaturated/α-hetero) is 4. The smallest absolute Gasteiger partial charge is 0.351 e. The molecule has 1 aromatic carbocycles. The first-order chi connectivity index (χ1) is 61.7. The minimum absolute atomic E-state index is 0.0161. The fourth-order valence-corrected chi connectivity index (χ4v) is 22.6. The Bertz CT molecular complexity index is 4640. The van der Waals surface area contributed by atoms with E-state index >= 15 is 8.78 Å². The Morgan fingerprint density at radius 2 is 0.918 bits per heavy atom. The topological polar surface area (TPSA) is 407 Å². The number of carbonyl (C=O) groups is 9. The Morgan fingerprint density at radius 1 is 0.507 bits per heavy atom. The van der Waals surface area contributed by atoms with E-state index in [0.717, 1.165) is 25.0 Å². The van der Waals surface area contributed by atoms with Crippen molar-refractivity contribution in [2.75, 3.05) is 33.5 Å². The van der Waals surface area contributed by atoms with Crippen molar-refractivity contribution < 1.29 is 120 Å². The van der Waals surface area contributed by atoms with Gasteiger partial charge in [-0.3, -0.25) is 33.6 Å². The number of alkyl halides is 2. The standard InChI is InChI=1S/C39H57N5O8.C37H55FN2O8.C26H45FO7/c1-12-30-39(11,48)35-24(3)32(42-27(6)45)23(2)18-38(10,34(37(7,8)9)25(4)33(46)26(5)36(47)52-30)50-22-29(21-49-35)43-51-20-28-14-15-31(40-19-28)44-17-13-16-41-44;1-12-28-37(11,44)32-23(3)29(39-25(5)41)22(2)18-35(9,30(34(6,7)8)24(4)31(42)36(10,38)33(43)48-28)46-21-27(20-45-32)40-47-19-26-16-14-13-15-17-26;1-12-17-26(10,32)21(30)15(3)18(28)14(2)13-24(8,33-11)19(23(5,6)7)16(4)20(29)25(9,27)22(31)34-17/h13-17,19,23-26,30,34-35,48H,12,18,20-22H2,1-11H3;13-17,22-24,28,30,32,44H,12,18-21H2,1-11H3;14-17,19,21,30,32H,12-13H2,1-11H3/b42-32?,43-29+;39-29?,40-27+;/t23-,24+,25+,26-,30-,34+,35-,38-,39-;22-,23+,24-,28-,30+,32-,35-,36+,37-;14-,15+,16-,17-,19+,21-,24-,25+,26-/m111/s1. The lowest BCUT2D eigenvalue weighted by Gasteiger charge is -2.49. The molecule has 4 N–H and O–H groups in total. The number of ether oxygens (including phenoxy) is 8. The average molecular weight is 1890 g/mol. The monoisotopic (exact) mass is 1890 g/mol. The quantitative estimate of drug-likeness (QED) is 0.0599. The number of cyclic esters (lactones) is 3. The molecule has 27 atom stereocenters. The number of ketones is 4. The Labute approximate surface area is 792 Å². The van der Waals surface area contributed by atoms with Crippen molar-refractivity contribution >= 4 is 75.7 Å². The summed E-state index contributed by atoms with van der Waals surface area (Å²) >= 11 is 0. The molecular formula is C102H157F2N7O23. The van der Waals surface area contributed by atoms with E-state index in [0.29, 0.717) is 35.1 Å². The third-order valence-electron chi connectivity index (χ3n) is 28.3. The molecular weight excluding hydrogens is 1730 g/mol. The van der Waals surface area contributed by atoms with Crippen LogP contribution in [0.4, 0.5) is 8.78 Å². The summed E-state index contributed by atoms with van der Waals surface area (Å²) < 4.78 is 83.4. The van der Waals surface area contributed by atoms with Gasteiger partial charge >= 0.3 is 17.9 Å². The number of hydrogen-bond acceptors (Lipinski definition) is 27. The molecule has 5 aliphatic rings. The first kappa shape index (κ1) is 115. The summed E-state index contributed by atoms with van der Waals surface area (Å²) in [4.78, 5) is 145. The lowest BCUT2D eigenvalue weighted by Crippen LogP contribution is -2.59. The van der Waals surface area contributed by atoms with Crippen LogP contribution in [-0.4, -0.2) is 226 Å². The lowest BCUT2D eigenvalue weighted by atomic mass is 9.60. The van der Waals surface area contributed by atoms with Crippen LogP contribution >= 0.6 is 0 Å². The van der Waals surface area contributed by atoms with Crippen LogP contribution in [0, 0.1) is 93.2 Å². The van der Waals surface area contributed by atoms with Crippen molar-refractivity contribution in [3.63, 3.8) is 0 Å². The predicted molar refractivity (Wildman–Crippen MR) is 504 cm³/mol. The molecule has 7 heterocycles. The lowest BCUT2D eigenvalue weighted by molar-refractivity contribution is -0.199. The molecule has 0 unspecified atom stereocenters. The normalized spacial score (nSPS) is 37.9. The number of rotatable bonds is 11. The highest BCUT2D eigenvalue weighted by Gasteiger charge is 2.61. The predicted octanol–water partition coefficient (Wildman–Crippen LogP) is 15.3. The number of halogens is 2. The van der Waals surface area contributed by atoms with Gasteiger partial charge in [-0.25, -0.2) is 38.0 Å². The second kappa shape index (κ2) is 45.6. The number of hydrogen-bond donors (Lipinski definition) is 4. The summed E-state index contributed by atoms with van der Waals surface area (Å²) in [6.45, 7) is 54.4. The highest BCUT2D eigenvalue weighted by molar-refractivity contribution is 6.09. The number of aliphatic hydroxyl groups is 4. The number of aliphatic hydroxyl groups excluding tert-OH is 1. The van der Waals surface area contributed by atoms with E-state index < -0.39 is 210 Å². The molecule has 752 valence electrons. The van der Waals surface area contributed by atoms with Gasteiger partial charge < -0.3 is 68.0 Å². The maximum absolute atomic E-state index is 16.5. The number of benzene rings is 1. The summed E-state index contributed by atoms with van der Waals surface area (Å²) in [5.74, 6) is -15.2. The minimum Gasteiger partial charge on any atom is -0.459 e. The third kappa shape index (κ3) is 27.0. The van der Waals surface area contributed by atoms with Crippen molar-refractivity contribution in [3.8, 4) is 5.82 Å². The molecule has 8 rings (SSSR count). The molecule has 2 amide bonds. The van der Waals surface area contributed by atoms with Gasteiger partial charge in [0.05, 0.1) is 61.5 Å². The number of aliphatic imine (C=N–C) groups is 2. The van der Waals surface area contributed by atoms with Crippen molar-refractivity contribution in [3.05, 3.63) is 78.2 Å². The molecule has 4 bridgehead atoms. The minimum atomic E-state index is -3.01. The molecule has 3 aromatic rings. The van der Waals surface area contributed by atoms with Crippen LogP contribution < -0.4 is 0 Å². The van der Waals surface area contributed by atoms with Crippen molar-refractivity contribution in [1.82, 2.24) is 14.8 Å². The molecule has 2 aromatic heterocycles. The molecule has 134 heavy (non-hydrogen) atoms. The fraction of sp³-hybridized carbons (Fsp3) is 0.735. The Kier molecular flexibility index (Phi) is 39.0. The number of fused-ring (bicyclic) bond motifs is 10. The zero-order valence-electron chi connectivity index (χ0n) is 85.7. The van der Waals surface area contributed by atoms with Crippen LogP contribution in [0.25, 0.3) is 5.82 Å². The summed E-state index contributed by atoms with van der Waals surface area (Å²) in [5, 5.41) is 59.6. The van der Waals surface area contributed by atoms with Gasteiger partial charge in [-0.05, 0) is 147 Å². The molecule has 0 saturated carbocycles. The number of carbonyl (C=O) groups excluding carboxylic acids is 9. The maximum Gasteiger partial charge on any atom is 0.351 e. The number of esters is 3. The van der Waals surface area contributed by atoms with E-state index in [-0.39, 0.29) is 89.2 Å². The molecule has 0 spiro atoms. The highest BCUT2D eigenvalue weighted by Crippen LogP contribution is 2.52. The van der Waals surface area contributed by atoms with E-state index in [4.69, 9.17) is 47.6 Å². The summed E-state index contributed by atoms with van der Waals surface area (Å²) in [7, 11) is 1.48. The van der Waals surface area contributed by atoms with Crippen molar-refractivity contribution in [1.29, 1.82) is 0 Å². The second-order valence-electron chi connectivity index (χ2n) is 43.0. The Morgan fingerprint density at radius 3 is 1.31 bits per heavy atom. The number of nitrogens with zero attached hydrogens (tertiary/aromatic N) is 7. The molecule has 5 fully saturated rings. The van der Waals surface area contributed by atoms with Crippen LogP contribution in [0.1, 0.15) is 271 Å². The van der Waals surface area contributed by atoms with Gasteiger partial charge in [0, 0.05) is 116 Å². The van der Waals surface area contributed by atoms with Gasteiger partial charge in [-0.2, -0.15) is 5.10 Å². The van der Waals surface area contributed by atoms with E-state index in [1.807, 2.05) is 132 Å². The number of aromatic nitrogens is 3. The van der Waals surface area contributed by atoms with E-state index in [2.05, 4.69) is 51.2 Å². The van der Waals surface area contributed by atoms with Gasteiger partial charge in [0.15, 0.2) is 17.4 Å². The zero-order valence-corrected chi connectivity index (χ0v) is 85.7. The number of oxime groups is 2. The molecule has 0 aliphatic carbocycles. The van der Waals surface area contributed by atoms with Crippen LogP contribution in [-0.2, 0) is 104 Å². The van der Waals surface area contributed by atoms with Gasteiger partial charge in [-0.15, -0.1) is 0 Å². The second-order valence-corrected chi connectivity index (χ2v) is 43.0. The summed E-state index contributed by atoms with van der Waals surface area (Å²) in [6, 6.07) is 15.0. The molecule has 32 heteroatoms. The average Bonchev–Trinajstić information content (AvgIpc) is 1.16. The van der Waals surface area contributed by atoms with E-state index in [1.165, 1.54) is 41.7 Å². The number of methoxy groups -OCH3 is 1. The third-order valence-corrected chi connectivity index (χ3v) is 28.3. The fourth-order valence-electron chi connectivity index (χ4n) is 22.6. The first-order valence-corrected chi connectivity index (χ1v) is 47.3. The molecule has 0 radical (unpaired) electrons. The Hall–Kier alpha value is -8.21. The molecule has 5 saturated heterocycles. The van der Waals surface area contributed by atoms with Gasteiger partial charge in [0.25, 0.3) is 11.3 Å².